The molecule has 113 heavy (non-hydrogen) atoms. The second kappa shape index (κ2) is 59.9. The van der Waals surface area contributed by atoms with E-state index in [4.69, 9.17) is 48.2 Å². The lowest BCUT2D eigenvalue weighted by Gasteiger charge is -2.42. The molecule has 0 aliphatic carbocycles. The molecule has 3 aliphatic heterocycles. The molecule has 650 valence electrons. The molecule has 3 fully saturated rings. The highest BCUT2D eigenvalue weighted by Gasteiger charge is 2.48. The Morgan fingerprint density at radius 1 is 0.354 bits per heavy atom. The van der Waals surface area contributed by atoms with Gasteiger partial charge in [-0.1, -0.05) is 43.6 Å². The van der Waals surface area contributed by atoms with E-state index < -0.39 is 135 Å². The number of carbonyl (C=O) groups is 10. The van der Waals surface area contributed by atoms with Gasteiger partial charge in [0.15, 0.2) is 18.9 Å². The van der Waals surface area contributed by atoms with Crippen LogP contribution in [0, 0.1) is 0 Å². The van der Waals surface area contributed by atoms with E-state index in [2.05, 4.69) is 63.2 Å². The first-order valence-electron chi connectivity index (χ1n) is 39.5. The maximum atomic E-state index is 13.9. The van der Waals surface area contributed by atoms with Crippen LogP contribution in [0.4, 0.5) is 0 Å². The van der Waals surface area contributed by atoms with Crippen molar-refractivity contribution < 1.29 is 137 Å². The average molecular weight is 1620 g/mol. The Morgan fingerprint density at radius 2 is 0.619 bits per heavy atom. The first-order valence-corrected chi connectivity index (χ1v) is 39.5. The van der Waals surface area contributed by atoms with Crippen molar-refractivity contribution in [2.24, 2.45) is 5.11 Å². The van der Waals surface area contributed by atoms with E-state index in [0.29, 0.717) is 70.8 Å². The van der Waals surface area contributed by atoms with Crippen molar-refractivity contribution >= 4 is 59.1 Å². The van der Waals surface area contributed by atoms with Crippen LogP contribution in [0.1, 0.15) is 175 Å². The number of aliphatic hydroxyl groups excluding tert-OH is 9. The fourth-order valence-corrected chi connectivity index (χ4v) is 12.2. The normalized spacial score (nSPS) is 23.9. The molecule has 0 bridgehead atoms. The number of hydrogen-bond acceptors (Lipinski definition) is 29. The minimum atomic E-state index is -1.46. The zero-order valence-corrected chi connectivity index (χ0v) is 65.7. The van der Waals surface area contributed by atoms with Gasteiger partial charge in [0.05, 0.1) is 59.5 Å². The highest BCUT2D eigenvalue weighted by Crippen LogP contribution is 2.26. The van der Waals surface area contributed by atoms with Crippen molar-refractivity contribution in [2.45, 2.75) is 272 Å². The molecule has 41 heteroatoms. The number of azide groups is 1. The van der Waals surface area contributed by atoms with Gasteiger partial charge in [-0.05, 0) is 76.2 Å². The van der Waals surface area contributed by atoms with Crippen molar-refractivity contribution in [3.8, 4) is 0 Å². The van der Waals surface area contributed by atoms with Crippen LogP contribution in [0.5, 0.6) is 0 Å². The molecular formula is C72H129N13O28. The Kier molecular flexibility index (Phi) is 53.2. The summed E-state index contributed by atoms with van der Waals surface area (Å²) in [6, 6.07) is -3.28. The van der Waals surface area contributed by atoms with Gasteiger partial charge in [0, 0.05) is 136 Å². The van der Waals surface area contributed by atoms with Gasteiger partial charge in [-0.3, -0.25) is 47.9 Å². The number of rotatable bonds is 63. The van der Waals surface area contributed by atoms with Gasteiger partial charge in [-0.25, -0.2) is 0 Å². The third-order valence-electron chi connectivity index (χ3n) is 18.4. The lowest BCUT2D eigenvalue weighted by Crippen LogP contribution is -2.64. The summed E-state index contributed by atoms with van der Waals surface area (Å²) < 4.78 is 52.1. The summed E-state index contributed by atoms with van der Waals surface area (Å²) in [7, 11) is 0. The molecule has 0 aromatic carbocycles. The second-order valence-corrected chi connectivity index (χ2v) is 28.2. The van der Waals surface area contributed by atoms with E-state index in [1.165, 1.54) is 20.8 Å². The molecule has 15 unspecified atom stereocenters. The quantitative estimate of drug-likeness (QED) is 0.0120. The van der Waals surface area contributed by atoms with E-state index in [1.807, 2.05) is 0 Å². The number of carbonyl (C=O) groups excluding carboxylic acids is 10. The molecule has 0 aromatic heterocycles. The first-order chi connectivity index (χ1) is 54.3. The third-order valence-corrected chi connectivity index (χ3v) is 18.4. The van der Waals surface area contributed by atoms with Crippen LogP contribution in [0.2, 0.25) is 0 Å². The molecule has 10 amide bonds. The molecule has 3 aliphatic rings. The van der Waals surface area contributed by atoms with Crippen LogP contribution in [0.25, 0.3) is 10.4 Å². The summed E-state index contributed by atoms with van der Waals surface area (Å²) in [5.74, 6) is -3.69. The maximum absolute atomic E-state index is 13.9. The molecule has 0 spiro atoms. The lowest BCUT2D eigenvalue weighted by atomic mass is 9.97. The number of hydrogen-bond donors (Lipinski definition) is 19. The van der Waals surface area contributed by atoms with Gasteiger partial charge in [-0.2, -0.15) is 0 Å². The van der Waals surface area contributed by atoms with E-state index in [1.54, 1.807) is 0 Å². The van der Waals surface area contributed by atoms with E-state index in [-0.39, 0.29) is 185 Å². The molecule has 41 nitrogen and oxygen atoms in total. The molecule has 3 rings (SSSR count). The molecule has 3 heterocycles. The minimum Gasteiger partial charge on any atom is -0.394 e. The zero-order chi connectivity index (χ0) is 83.2. The molecular weight excluding hydrogens is 1490 g/mol. The summed E-state index contributed by atoms with van der Waals surface area (Å²) in [6.45, 7) is 2.90. The monoisotopic (exact) mass is 1620 g/mol. The highest BCUT2D eigenvalue weighted by atomic mass is 16.7. The predicted molar refractivity (Wildman–Crippen MR) is 400 cm³/mol. The van der Waals surface area contributed by atoms with Gasteiger partial charge in [0.25, 0.3) is 0 Å². The topological polar surface area (TPSA) is 605 Å². The third kappa shape index (κ3) is 43.2. The number of nitrogens with one attached hydrogen (secondary N) is 10. The number of nitrogens with zero attached hydrogens (tertiary/aromatic N) is 3. The smallest absolute Gasteiger partial charge is 0.222 e. The Morgan fingerprint density at radius 3 is 0.903 bits per heavy atom. The summed E-state index contributed by atoms with van der Waals surface area (Å²) in [4.78, 5) is 129. The average Bonchev–Trinajstić information content (AvgIpc) is 0.824. The molecule has 15 atom stereocenters. The van der Waals surface area contributed by atoms with Crippen LogP contribution in [0.3, 0.4) is 0 Å². The molecule has 3 saturated heterocycles. The van der Waals surface area contributed by atoms with Crippen LogP contribution in [-0.4, -0.2) is 328 Å². The first kappa shape index (κ1) is 100. The second-order valence-electron chi connectivity index (χ2n) is 28.2. The zero-order valence-electron chi connectivity index (χ0n) is 65.7. The van der Waals surface area contributed by atoms with Gasteiger partial charge in [-0.15, -0.1) is 0 Å². The molecule has 19 N–H and O–H groups in total. The molecule has 0 aromatic rings. The largest absolute Gasteiger partial charge is 0.394 e. The Balaban J connectivity index is 1.55. The van der Waals surface area contributed by atoms with Crippen molar-refractivity contribution in [1.82, 2.24) is 53.2 Å². The Bertz CT molecular complexity index is 2560. The van der Waals surface area contributed by atoms with E-state index >= 15 is 0 Å². The SMILES string of the molecule is CC(=O)NC1C(OCCCCC(=O)NCCCNC(=O)CCOCC(COCCC(=O)NCCCNC(=O)CCCCOC2OC(CO)C(O)C(O)C2NC(C)=O)(COCCC(=O)NCCCNC(=O)CCCCOC2OC(CO)C(O)C(O)C2NC(C)=O)NC(=O)CCCCCCCCCCN=[N+]=[N-])OC(CO)C(O)C1O. The fraction of sp³-hybridized carbons (Fsp3) is 0.861. The van der Waals surface area contributed by atoms with Crippen molar-refractivity contribution in [3.63, 3.8) is 0 Å². The van der Waals surface area contributed by atoms with E-state index in [0.717, 1.165) is 44.9 Å². The number of amides is 10. The summed E-state index contributed by atoms with van der Waals surface area (Å²) >= 11 is 0. The van der Waals surface area contributed by atoms with Crippen molar-refractivity contribution in [3.05, 3.63) is 10.4 Å². The van der Waals surface area contributed by atoms with Crippen LogP contribution >= 0.6 is 0 Å². The lowest BCUT2D eigenvalue weighted by molar-refractivity contribution is -0.270. The van der Waals surface area contributed by atoms with Crippen LogP contribution in [0.15, 0.2) is 5.11 Å². The van der Waals surface area contributed by atoms with Crippen molar-refractivity contribution in [2.75, 3.05) is 125 Å². The predicted octanol–water partition coefficient (Wildman–Crippen LogP) is -3.86. The maximum Gasteiger partial charge on any atom is 0.222 e. The van der Waals surface area contributed by atoms with Crippen molar-refractivity contribution in [1.29, 1.82) is 0 Å². The number of unbranched alkanes of at least 4 members (excludes halogenated alkanes) is 10. The molecule has 0 saturated carbocycles. The highest BCUT2D eigenvalue weighted by molar-refractivity contribution is 5.79. The number of aliphatic hydroxyl groups is 9. The van der Waals surface area contributed by atoms with Gasteiger partial charge in [0.2, 0.25) is 59.1 Å². The standard InChI is InChI=1S/C72H129N13O28/c1-47(89)81-60-66(102)63(99)50(41-86)111-69(60)108-35-15-11-21-53(92)74-28-18-31-77-56(95)25-38-105-44-72(84-59(98)24-10-8-6-4-5-7-9-14-34-80-85-73,45-106-39-26-57(96)78-32-19-29-75-54(93)22-12-16-36-109-70-61(82-48(2)90)67(103)64(100)51(42-87)112-70)46-107-40-27-58(97)79-33-20-30-76-55(94)23-13-17-37-110-71-62(83-49(3)91)68(104)65(101)52(43-88)113-71/h50-52,60-71,86-88,99-104H,4-46H2,1-3H3,(H,74,92)(H,75,93)(H,76,94)(H,77,95)(H,78,96)(H,79,97)(H,81,89)(H,82,90)(H,83,91)(H,84,98). The summed E-state index contributed by atoms with van der Waals surface area (Å²) in [5.41, 5.74) is 7.13. The molecule has 0 radical (unpaired) electrons. The van der Waals surface area contributed by atoms with Crippen LogP contribution < -0.4 is 53.2 Å². The van der Waals surface area contributed by atoms with E-state index in [9.17, 15) is 93.9 Å². The summed E-state index contributed by atoms with van der Waals surface area (Å²) in [5, 5.41) is 122. The van der Waals surface area contributed by atoms with Gasteiger partial charge >= 0.3 is 0 Å². The Hall–Kier alpha value is -6.71. The number of ether oxygens (including phenoxy) is 9. The van der Waals surface area contributed by atoms with Gasteiger partial charge < -0.3 is 142 Å². The fourth-order valence-electron chi connectivity index (χ4n) is 12.2. The Labute approximate surface area is 659 Å². The van der Waals surface area contributed by atoms with Crippen LogP contribution in [-0.2, 0) is 90.6 Å². The minimum absolute atomic E-state index is 0.0787. The summed E-state index contributed by atoms with van der Waals surface area (Å²) in [6.07, 6.45) is -4.95. The van der Waals surface area contributed by atoms with Gasteiger partial charge in [0.1, 0.15) is 78.6 Å².